The zero-order chi connectivity index (χ0) is 14.2. The fourth-order valence-electron chi connectivity index (χ4n) is 1.81. The first kappa shape index (κ1) is 13.4. The van der Waals surface area contributed by atoms with Crippen molar-refractivity contribution >= 4 is 11.9 Å². The minimum absolute atomic E-state index is 0.0322. The first-order valence-corrected chi connectivity index (χ1v) is 5.48. The standard InChI is InChI=1S/C12H10F3NO3/c13-12(14,15)9-3-1-2-7(4-9)10(17)16-5-8(6-16)11(18)19/h1-4,8H,5-6H2,(H,18,19). The molecule has 0 atom stereocenters. The van der Waals surface area contributed by atoms with Gasteiger partial charge in [0.1, 0.15) is 0 Å². The molecule has 1 heterocycles. The highest BCUT2D eigenvalue weighted by Gasteiger charge is 2.37. The summed E-state index contributed by atoms with van der Waals surface area (Å²) in [6.07, 6.45) is -4.51. The van der Waals surface area contributed by atoms with Gasteiger partial charge in [-0.05, 0) is 18.2 Å². The molecule has 1 amide bonds. The van der Waals surface area contributed by atoms with E-state index in [0.717, 1.165) is 18.2 Å². The van der Waals surface area contributed by atoms with Crippen molar-refractivity contribution in [3.8, 4) is 0 Å². The summed E-state index contributed by atoms with van der Waals surface area (Å²) in [7, 11) is 0. The summed E-state index contributed by atoms with van der Waals surface area (Å²) in [6, 6.07) is 4.10. The van der Waals surface area contributed by atoms with Gasteiger partial charge in [-0.1, -0.05) is 6.07 Å². The van der Waals surface area contributed by atoms with E-state index < -0.39 is 29.5 Å². The molecule has 0 bridgehead atoms. The van der Waals surface area contributed by atoms with E-state index in [4.69, 9.17) is 5.11 Å². The van der Waals surface area contributed by atoms with Gasteiger partial charge in [-0.2, -0.15) is 13.2 Å². The summed E-state index contributed by atoms with van der Waals surface area (Å²) in [5, 5.41) is 8.67. The molecule has 0 aliphatic carbocycles. The van der Waals surface area contributed by atoms with Crippen molar-refractivity contribution in [1.82, 2.24) is 4.90 Å². The second-order valence-corrected chi connectivity index (χ2v) is 4.32. The van der Waals surface area contributed by atoms with Crippen LogP contribution in [-0.4, -0.2) is 35.0 Å². The van der Waals surface area contributed by atoms with Crippen LogP contribution in [0, 0.1) is 5.92 Å². The average molecular weight is 273 g/mol. The number of aliphatic carboxylic acids is 1. The topological polar surface area (TPSA) is 57.6 Å². The molecule has 19 heavy (non-hydrogen) atoms. The van der Waals surface area contributed by atoms with Crippen LogP contribution < -0.4 is 0 Å². The Morgan fingerprint density at radius 1 is 1.26 bits per heavy atom. The molecule has 1 aromatic rings. The highest BCUT2D eigenvalue weighted by molar-refractivity contribution is 5.95. The zero-order valence-corrected chi connectivity index (χ0v) is 9.65. The quantitative estimate of drug-likeness (QED) is 0.894. The third-order valence-electron chi connectivity index (χ3n) is 2.95. The van der Waals surface area contributed by atoms with Crippen LogP contribution in [0.2, 0.25) is 0 Å². The molecule has 1 saturated heterocycles. The Kier molecular flexibility index (Phi) is 3.21. The number of benzene rings is 1. The SMILES string of the molecule is O=C(O)C1CN(C(=O)c2cccc(C(F)(F)F)c2)C1. The number of carbonyl (C=O) groups excluding carboxylic acids is 1. The van der Waals surface area contributed by atoms with E-state index in [9.17, 15) is 22.8 Å². The first-order chi connectivity index (χ1) is 8.79. The van der Waals surface area contributed by atoms with Crippen molar-refractivity contribution in [2.24, 2.45) is 5.92 Å². The number of amides is 1. The lowest BCUT2D eigenvalue weighted by molar-refractivity contribution is -0.146. The lowest BCUT2D eigenvalue weighted by Crippen LogP contribution is -2.53. The molecule has 0 radical (unpaired) electrons. The number of carboxylic acids is 1. The van der Waals surface area contributed by atoms with Crippen LogP contribution in [0.5, 0.6) is 0 Å². The largest absolute Gasteiger partial charge is 0.481 e. The molecule has 1 aliphatic heterocycles. The highest BCUT2D eigenvalue weighted by atomic mass is 19.4. The van der Waals surface area contributed by atoms with Crippen LogP contribution in [0.3, 0.4) is 0 Å². The van der Waals surface area contributed by atoms with Crippen LogP contribution in [-0.2, 0) is 11.0 Å². The molecule has 102 valence electrons. The van der Waals surface area contributed by atoms with Crippen LogP contribution in [0.1, 0.15) is 15.9 Å². The molecule has 1 aromatic carbocycles. The normalized spacial score (nSPS) is 16.1. The Hall–Kier alpha value is -2.05. The fourth-order valence-corrected chi connectivity index (χ4v) is 1.81. The van der Waals surface area contributed by atoms with Crippen LogP contribution >= 0.6 is 0 Å². The molecule has 4 nitrogen and oxygen atoms in total. The monoisotopic (exact) mass is 273 g/mol. The fraction of sp³-hybridized carbons (Fsp3) is 0.333. The predicted octanol–water partition coefficient (Wildman–Crippen LogP) is 1.86. The Labute approximate surface area is 106 Å². The molecule has 0 spiro atoms. The molecule has 7 heteroatoms. The maximum atomic E-state index is 12.5. The molecule has 0 aromatic heterocycles. The number of carbonyl (C=O) groups is 2. The number of likely N-dealkylation sites (tertiary alicyclic amines) is 1. The second-order valence-electron chi connectivity index (χ2n) is 4.32. The van der Waals surface area contributed by atoms with Gasteiger partial charge in [0.25, 0.3) is 5.91 Å². The minimum atomic E-state index is -4.51. The Morgan fingerprint density at radius 3 is 2.42 bits per heavy atom. The number of alkyl halides is 3. The lowest BCUT2D eigenvalue weighted by atomic mass is 9.98. The van der Waals surface area contributed by atoms with Gasteiger partial charge in [-0.15, -0.1) is 0 Å². The van der Waals surface area contributed by atoms with Gasteiger partial charge in [0.2, 0.25) is 0 Å². The number of carboxylic acid groups (broad SMARTS) is 1. The summed E-state index contributed by atoms with van der Waals surface area (Å²) in [5.41, 5.74) is -0.979. The number of rotatable bonds is 2. The second kappa shape index (κ2) is 4.56. The van der Waals surface area contributed by atoms with Crippen molar-refractivity contribution < 1.29 is 27.9 Å². The Morgan fingerprint density at radius 2 is 1.89 bits per heavy atom. The van der Waals surface area contributed by atoms with Crippen LogP contribution in [0.25, 0.3) is 0 Å². The van der Waals surface area contributed by atoms with Crippen LogP contribution in [0.4, 0.5) is 13.2 Å². The Balaban J connectivity index is 2.11. The molecule has 1 N–H and O–H groups in total. The van der Waals surface area contributed by atoms with Gasteiger partial charge >= 0.3 is 12.1 Å². The zero-order valence-electron chi connectivity index (χ0n) is 9.65. The van der Waals surface area contributed by atoms with E-state index in [1.807, 2.05) is 0 Å². The molecule has 2 rings (SSSR count). The summed E-state index contributed by atoms with van der Waals surface area (Å²) >= 11 is 0. The Bertz CT molecular complexity index is 521. The van der Waals surface area contributed by atoms with Crippen molar-refractivity contribution in [3.63, 3.8) is 0 Å². The van der Waals surface area contributed by atoms with Crippen LogP contribution in [0.15, 0.2) is 24.3 Å². The van der Waals surface area contributed by atoms with Gasteiger partial charge < -0.3 is 10.0 Å². The maximum absolute atomic E-state index is 12.5. The maximum Gasteiger partial charge on any atom is 0.416 e. The summed E-state index contributed by atoms with van der Waals surface area (Å²) < 4.78 is 37.5. The van der Waals surface area contributed by atoms with Gasteiger partial charge in [0.05, 0.1) is 11.5 Å². The third-order valence-corrected chi connectivity index (χ3v) is 2.95. The van der Waals surface area contributed by atoms with Gasteiger partial charge in [0.15, 0.2) is 0 Å². The van der Waals surface area contributed by atoms with E-state index in [-0.39, 0.29) is 18.7 Å². The third kappa shape index (κ3) is 2.69. The summed E-state index contributed by atoms with van der Waals surface area (Å²) in [5.74, 6) is -2.22. The lowest BCUT2D eigenvalue weighted by Gasteiger charge is -2.36. The highest BCUT2D eigenvalue weighted by Crippen LogP contribution is 2.30. The molecular weight excluding hydrogens is 263 g/mol. The van der Waals surface area contributed by atoms with Gasteiger partial charge in [-0.3, -0.25) is 9.59 Å². The van der Waals surface area contributed by atoms with E-state index in [1.54, 1.807) is 0 Å². The first-order valence-electron chi connectivity index (χ1n) is 5.48. The van der Waals surface area contributed by atoms with E-state index in [2.05, 4.69) is 0 Å². The van der Waals surface area contributed by atoms with Gasteiger partial charge in [-0.25, -0.2) is 0 Å². The minimum Gasteiger partial charge on any atom is -0.481 e. The van der Waals surface area contributed by atoms with Crippen molar-refractivity contribution in [1.29, 1.82) is 0 Å². The smallest absolute Gasteiger partial charge is 0.416 e. The van der Waals surface area contributed by atoms with E-state index in [0.29, 0.717) is 0 Å². The number of nitrogens with zero attached hydrogens (tertiary/aromatic N) is 1. The number of hydrogen-bond acceptors (Lipinski definition) is 2. The summed E-state index contributed by atoms with van der Waals surface area (Å²) in [4.78, 5) is 23.6. The van der Waals surface area contributed by atoms with Crippen molar-refractivity contribution in [3.05, 3.63) is 35.4 Å². The predicted molar refractivity (Wildman–Crippen MR) is 58.5 cm³/mol. The molecule has 1 fully saturated rings. The van der Waals surface area contributed by atoms with E-state index >= 15 is 0 Å². The number of hydrogen-bond donors (Lipinski definition) is 1. The molecular formula is C12H10F3NO3. The van der Waals surface area contributed by atoms with E-state index in [1.165, 1.54) is 11.0 Å². The van der Waals surface area contributed by atoms with Crippen molar-refractivity contribution in [2.75, 3.05) is 13.1 Å². The molecule has 1 aliphatic rings. The summed E-state index contributed by atoms with van der Waals surface area (Å²) in [6.45, 7) is 0.0643. The molecule has 0 saturated carbocycles. The number of halogens is 3. The van der Waals surface area contributed by atoms with Crippen molar-refractivity contribution in [2.45, 2.75) is 6.18 Å². The molecule has 0 unspecified atom stereocenters. The average Bonchev–Trinajstić information content (AvgIpc) is 2.25. The van der Waals surface area contributed by atoms with Gasteiger partial charge in [0, 0.05) is 18.7 Å².